The first-order valence-corrected chi connectivity index (χ1v) is 11.2. The Balaban J connectivity index is 1.66. The number of benzene rings is 3. The molecule has 2 heterocycles. The van der Waals surface area contributed by atoms with Crippen LogP contribution in [0.15, 0.2) is 83.0 Å². The number of anilines is 1. The number of nitrogens with one attached hydrogen (secondary N) is 1. The van der Waals surface area contributed by atoms with Crippen LogP contribution >= 0.6 is 12.2 Å². The predicted molar refractivity (Wildman–Crippen MR) is 133 cm³/mol. The number of hydrogen-bond acceptors (Lipinski definition) is 5. The Bertz CT molecular complexity index is 1420. The van der Waals surface area contributed by atoms with Crippen molar-refractivity contribution in [3.8, 4) is 17.1 Å². The highest BCUT2D eigenvalue weighted by Crippen LogP contribution is 2.39. The molecule has 0 saturated heterocycles. The third-order valence-electron chi connectivity index (χ3n) is 5.71. The zero-order valence-electron chi connectivity index (χ0n) is 18.8. The average Bonchev–Trinajstić information content (AvgIpc) is 3.33. The average molecular weight is 491 g/mol. The van der Waals surface area contributed by atoms with Gasteiger partial charge in [-0.3, -0.25) is 4.90 Å². The summed E-state index contributed by atoms with van der Waals surface area (Å²) in [6.07, 6.45) is 0. The first-order chi connectivity index (χ1) is 16.9. The number of thiocarbonyl (C=S) groups is 1. The fourth-order valence-electron chi connectivity index (χ4n) is 4.11. The van der Waals surface area contributed by atoms with Gasteiger partial charge in [0.1, 0.15) is 17.4 Å². The van der Waals surface area contributed by atoms with Gasteiger partial charge in [-0.05, 0) is 49.0 Å². The minimum absolute atomic E-state index is 0.244. The summed E-state index contributed by atoms with van der Waals surface area (Å²) in [5.41, 5.74) is 3.12. The van der Waals surface area contributed by atoms with Crippen LogP contribution in [0.2, 0.25) is 0 Å². The van der Waals surface area contributed by atoms with E-state index in [0.717, 1.165) is 17.2 Å². The summed E-state index contributed by atoms with van der Waals surface area (Å²) in [4.78, 5) is 6.21. The molecule has 0 saturated carbocycles. The van der Waals surface area contributed by atoms with Crippen LogP contribution in [-0.4, -0.2) is 22.4 Å². The maximum absolute atomic E-state index is 14.1. The van der Waals surface area contributed by atoms with Crippen molar-refractivity contribution in [3.63, 3.8) is 0 Å². The van der Waals surface area contributed by atoms with E-state index >= 15 is 0 Å². The molecule has 6 nitrogen and oxygen atoms in total. The highest BCUT2D eigenvalue weighted by molar-refractivity contribution is 7.80. The van der Waals surface area contributed by atoms with E-state index in [9.17, 15) is 8.78 Å². The molecule has 1 unspecified atom stereocenters. The van der Waals surface area contributed by atoms with E-state index in [4.69, 9.17) is 21.5 Å². The monoisotopic (exact) mass is 490 g/mol. The van der Waals surface area contributed by atoms with E-state index in [1.54, 1.807) is 25.0 Å². The highest BCUT2D eigenvalue weighted by Gasteiger charge is 2.35. The second-order valence-corrected chi connectivity index (χ2v) is 8.30. The van der Waals surface area contributed by atoms with Crippen LogP contribution in [0.5, 0.6) is 5.75 Å². The van der Waals surface area contributed by atoms with Gasteiger partial charge in [0.25, 0.3) is 5.89 Å². The molecule has 35 heavy (non-hydrogen) atoms. The first kappa shape index (κ1) is 22.7. The van der Waals surface area contributed by atoms with Gasteiger partial charge in [-0.1, -0.05) is 47.6 Å². The van der Waals surface area contributed by atoms with Crippen molar-refractivity contribution in [1.82, 2.24) is 15.5 Å². The Labute approximate surface area is 205 Å². The second kappa shape index (κ2) is 9.27. The molecule has 5 rings (SSSR count). The van der Waals surface area contributed by atoms with Crippen molar-refractivity contribution in [1.29, 1.82) is 0 Å². The molecule has 0 radical (unpaired) electrons. The van der Waals surface area contributed by atoms with E-state index in [0.29, 0.717) is 22.8 Å². The lowest BCUT2D eigenvalue weighted by atomic mass is 9.94. The van der Waals surface area contributed by atoms with Crippen molar-refractivity contribution in [2.75, 3.05) is 12.0 Å². The van der Waals surface area contributed by atoms with Crippen molar-refractivity contribution < 1.29 is 18.0 Å². The minimum Gasteiger partial charge on any atom is -0.497 e. The Kier molecular flexibility index (Phi) is 6.00. The molecule has 0 bridgehead atoms. The summed E-state index contributed by atoms with van der Waals surface area (Å²) in [6, 6.07) is 19.8. The molecular formula is C26H20F2N4O2S. The summed E-state index contributed by atoms with van der Waals surface area (Å²) >= 11 is 5.62. The Morgan fingerprint density at radius 3 is 2.46 bits per heavy atom. The third kappa shape index (κ3) is 4.38. The number of nitrogens with zero attached hydrogens (tertiary/aromatic N) is 3. The predicted octanol–water partition coefficient (Wildman–Crippen LogP) is 5.89. The van der Waals surface area contributed by atoms with Crippen molar-refractivity contribution in [2.45, 2.75) is 13.0 Å². The summed E-state index contributed by atoms with van der Waals surface area (Å²) in [6.45, 7) is 1.80. The smallest absolute Gasteiger partial charge is 0.258 e. The topological polar surface area (TPSA) is 63.4 Å². The van der Waals surface area contributed by atoms with Crippen LogP contribution in [-0.2, 0) is 0 Å². The van der Waals surface area contributed by atoms with Crippen molar-refractivity contribution in [3.05, 3.63) is 102 Å². The number of allylic oxidation sites excluding steroid dienone is 1. The van der Waals surface area contributed by atoms with Crippen LogP contribution in [0, 0.1) is 11.6 Å². The van der Waals surface area contributed by atoms with Crippen molar-refractivity contribution >= 4 is 28.6 Å². The molecule has 0 fully saturated rings. The lowest BCUT2D eigenvalue weighted by Gasteiger charge is -2.37. The fraction of sp³-hybridized carbons (Fsp3) is 0.115. The normalized spacial score (nSPS) is 15.8. The van der Waals surface area contributed by atoms with Gasteiger partial charge in [-0.25, -0.2) is 8.78 Å². The number of methoxy groups -OCH3 is 1. The molecule has 0 amide bonds. The molecule has 9 heteroatoms. The summed E-state index contributed by atoms with van der Waals surface area (Å²) in [5.74, 6) is -0.121. The van der Waals surface area contributed by atoms with Crippen LogP contribution in [0.25, 0.3) is 17.0 Å². The molecule has 3 aromatic carbocycles. The molecule has 4 aromatic rings. The number of rotatable bonds is 5. The van der Waals surface area contributed by atoms with Crippen molar-refractivity contribution in [2.24, 2.45) is 0 Å². The van der Waals surface area contributed by atoms with Gasteiger partial charge in [-0.15, -0.1) is 0 Å². The SMILES string of the molecule is COc1cccc(-c2noc(C3=C(C)N(c4cc(F)cc(F)c4)C(=S)NC3c3ccccc3)n2)c1. The van der Waals surface area contributed by atoms with E-state index in [1.807, 2.05) is 48.5 Å². The van der Waals surface area contributed by atoms with Crippen LogP contribution in [0.1, 0.15) is 24.4 Å². The van der Waals surface area contributed by atoms with Gasteiger partial charge in [0.15, 0.2) is 5.11 Å². The lowest BCUT2D eigenvalue weighted by Crippen LogP contribution is -2.46. The summed E-state index contributed by atoms with van der Waals surface area (Å²) in [5, 5.41) is 7.73. The number of ether oxygens (including phenoxy) is 1. The zero-order chi connectivity index (χ0) is 24.5. The van der Waals surface area contributed by atoms with Gasteiger partial charge in [0.05, 0.1) is 24.4 Å². The van der Waals surface area contributed by atoms with E-state index in [-0.39, 0.29) is 16.7 Å². The van der Waals surface area contributed by atoms with Gasteiger partial charge in [0, 0.05) is 17.3 Å². The molecule has 1 aliphatic rings. The zero-order valence-corrected chi connectivity index (χ0v) is 19.6. The standard InChI is InChI=1S/C26H20F2N4O2S/c1-15-22(25-30-24(31-34-25)17-9-6-10-21(11-17)33-2)23(16-7-4-3-5-8-16)29-26(35)32(15)20-13-18(27)12-19(28)14-20/h3-14,23H,1-2H3,(H,29,35). The molecule has 176 valence electrons. The summed E-state index contributed by atoms with van der Waals surface area (Å²) < 4.78 is 39.1. The summed E-state index contributed by atoms with van der Waals surface area (Å²) in [7, 11) is 1.58. The van der Waals surface area contributed by atoms with E-state index in [1.165, 1.54) is 12.1 Å². The lowest BCUT2D eigenvalue weighted by molar-refractivity contribution is 0.403. The van der Waals surface area contributed by atoms with E-state index in [2.05, 4.69) is 15.5 Å². The molecule has 1 atom stereocenters. The van der Waals surface area contributed by atoms with E-state index < -0.39 is 17.7 Å². The number of hydrogen-bond donors (Lipinski definition) is 1. The molecule has 1 N–H and O–H groups in total. The maximum atomic E-state index is 14.1. The first-order valence-electron chi connectivity index (χ1n) is 10.8. The van der Waals surface area contributed by atoms with Crippen LogP contribution < -0.4 is 15.0 Å². The molecular weight excluding hydrogens is 470 g/mol. The molecule has 0 spiro atoms. The van der Waals surface area contributed by atoms with Gasteiger partial charge in [0.2, 0.25) is 5.82 Å². The Hall–Kier alpha value is -4.11. The third-order valence-corrected chi connectivity index (χ3v) is 6.01. The van der Waals surface area contributed by atoms with Crippen LogP contribution in [0.3, 0.4) is 0 Å². The molecule has 1 aliphatic heterocycles. The molecule has 0 aliphatic carbocycles. The van der Waals surface area contributed by atoms with Gasteiger partial charge in [-0.2, -0.15) is 4.98 Å². The minimum atomic E-state index is -0.708. The largest absolute Gasteiger partial charge is 0.497 e. The second-order valence-electron chi connectivity index (χ2n) is 7.91. The fourth-order valence-corrected chi connectivity index (χ4v) is 4.47. The maximum Gasteiger partial charge on any atom is 0.258 e. The molecule has 1 aromatic heterocycles. The van der Waals surface area contributed by atoms with Gasteiger partial charge >= 0.3 is 0 Å². The quantitative estimate of drug-likeness (QED) is 0.350. The number of halogens is 2. The van der Waals surface area contributed by atoms with Gasteiger partial charge < -0.3 is 14.6 Å². The highest BCUT2D eigenvalue weighted by atomic mass is 32.1. The Morgan fingerprint density at radius 2 is 1.74 bits per heavy atom. The number of aromatic nitrogens is 2. The van der Waals surface area contributed by atoms with Crippen LogP contribution in [0.4, 0.5) is 14.5 Å². The Morgan fingerprint density at radius 1 is 1.00 bits per heavy atom.